The number of aromatic amines is 1. The van der Waals surface area contributed by atoms with Gasteiger partial charge in [0.1, 0.15) is 5.69 Å². The second-order valence-electron chi connectivity index (χ2n) is 10.2. The number of rotatable bonds is 4. The Bertz CT molecular complexity index is 1360. The van der Waals surface area contributed by atoms with Crippen LogP contribution in [-0.4, -0.2) is 92.3 Å². The molecule has 2 aliphatic heterocycles. The van der Waals surface area contributed by atoms with E-state index in [2.05, 4.69) is 14.9 Å². The normalized spacial score (nSPS) is 21.4. The highest BCUT2D eigenvalue weighted by atomic mass is 32.1. The summed E-state index contributed by atoms with van der Waals surface area (Å²) in [6.07, 6.45) is 0.0628. The number of fused-ring (bicyclic) bond motifs is 1. The predicted octanol–water partition coefficient (Wildman–Crippen LogP) is 2.82. The van der Waals surface area contributed by atoms with E-state index in [1.54, 1.807) is 38.6 Å². The number of piperazine rings is 1. The Balaban J connectivity index is 1.06. The summed E-state index contributed by atoms with van der Waals surface area (Å²) in [6, 6.07) is 5.12. The van der Waals surface area contributed by atoms with Crippen LogP contribution in [0.1, 0.15) is 52.6 Å². The lowest BCUT2D eigenvalue weighted by Crippen LogP contribution is -2.64. The maximum absolute atomic E-state index is 13.6. The SMILES string of the molecule is O=C(c1ccc2c(c1)[nH]c(=O)n2C1CCC(F)(F)CC1)N1CC(N2CCN(C(=O)c3cscn3)CC2)C1. The van der Waals surface area contributed by atoms with Crippen LogP contribution in [0, 0.1) is 0 Å². The van der Waals surface area contributed by atoms with Gasteiger partial charge in [-0.25, -0.2) is 18.6 Å². The molecule has 0 atom stereocenters. The number of halogens is 2. The first-order chi connectivity index (χ1) is 17.8. The maximum Gasteiger partial charge on any atom is 0.326 e. The zero-order valence-electron chi connectivity index (χ0n) is 20.2. The van der Waals surface area contributed by atoms with Gasteiger partial charge in [0.15, 0.2) is 0 Å². The van der Waals surface area contributed by atoms with Gasteiger partial charge in [-0.15, -0.1) is 11.3 Å². The lowest BCUT2D eigenvalue weighted by molar-refractivity contribution is -0.0438. The van der Waals surface area contributed by atoms with Crippen molar-refractivity contribution in [1.29, 1.82) is 0 Å². The van der Waals surface area contributed by atoms with Crippen molar-refractivity contribution in [2.24, 2.45) is 0 Å². The summed E-state index contributed by atoms with van der Waals surface area (Å²) < 4.78 is 28.7. The summed E-state index contributed by atoms with van der Waals surface area (Å²) in [4.78, 5) is 51.1. The molecule has 0 unspecified atom stereocenters. The number of likely N-dealkylation sites (tertiary alicyclic amines) is 1. The number of benzene rings is 1. The largest absolute Gasteiger partial charge is 0.335 e. The Hall–Kier alpha value is -3.12. The zero-order chi connectivity index (χ0) is 25.7. The van der Waals surface area contributed by atoms with Crippen molar-refractivity contribution in [2.45, 2.75) is 43.7 Å². The van der Waals surface area contributed by atoms with Crippen LogP contribution < -0.4 is 5.69 Å². The van der Waals surface area contributed by atoms with Gasteiger partial charge in [-0.1, -0.05) is 0 Å². The minimum atomic E-state index is -2.66. The topological polar surface area (TPSA) is 94.5 Å². The molecule has 3 aliphatic rings. The number of nitrogens with one attached hydrogen (secondary N) is 1. The number of H-pyrrole nitrogens is 1. The molecule has 3 aromatic rings. The maximum atomic E-state index is 13.6. The van der Waals surface area contributed by atoms with E-state index in [4.69, 9.17) is 0 Å². The summed E-state index contributed by atoms with van der Waals surface area (Å²) in [5.74, 6) is -2.79. The summed E-state index contributed by atoms with van der Waals surface area (Å²) >= 11 is 1.41. The Morgan fingerprint density at radius 2 is 1.73 bits per heavy atom. The molecule has 1 N–H and O–H groups in total. The second kappa shape index (κ2) is 9.32. The minimum Gasteiger partial charge on any atom is -0.335 e. The number of hydrogen-bond donors (Lipinski definition) is 1. The molecule has 1 aromatic carbocycles. The Morgan fingerprint density at radius 1 is 1.00 bits per heavy atom. The number of hydrogen-bond acceptors (Lipinski definition) is 6. The van der Waals surface area contributed by atoms with Crippen LogP contribution >= 0.6 is 11.3 Å². The number of carbonyl (C=O) groups excluding carboxylic acids is 2. The number of imidazole rings is 1. The molecule has 1 aliphatic carbocycles. The number of aromatic nitrogens is 3. The van der Waals surface area contributed by atoms with Crippen LogP contribution in [0.4, 0.5) is 8.78 Å². The van der Waals surface area contributed by atoms with E-state index >= 15 is 0 Å². The monoisotopic (exact) mass is 530 g/mol. The van der Waals surface area contributed by atoms with E-state index in [0.29, 0.717) is 48.5 Å². The van der Waals surface area contributed by atoms with Crippen LogP contribution in [0.25, 0.3) is 11.0 Å². The van der Waals surface area contributed by atoms with Crippen LogP contribution in [0.5, 0.6) is 0 Å². The van der Waals surface area contributed by atoms with Gasteiger partial charge >= 0.3 is 5.69 Å². The second-order valence-corrected chi connectivity index (χ2v) is 10.9. The molecular weight excluding hydrogens is 502 g/mol. The highest BCUT2D eigenvalue weighted by Crippen LogP contribution is 2.38. The molecule has 196 valence electrons. The standard InChI is InChI=1S/C25H28F2N6O3S/c26-25(27)5-3-17(4-6-25)33-21-2-1-16(11-19(21)29-24(33)36)22(34)32-12-18(13-32)30-7-9-31(10-8-30)23(35)20-14-37-15-28-20/h1-2,11,14-15,17-18H,3-10,12-13H2,(H,29,36). The molecule has 9 nitrogen and oxygen atoms in total. The van der Waals surface area contributed by atoms with Crippen molar-refractivity contribution in [3.8, 4) is 0 Å². The zero-order valence-corrected chi connectivity index (χ0v) is 21.1. The fraction of sp³-hybridized carbons (Fsp3) is 0.520. The molecule has 4 heterocycles. The van der Waals surface area contributed by atoms with E-state index in [9.17, 15) is 23.2 Å². The molecule has 6 rings (SSSR count). The third-order valence-electron chi connectivity index (χ3n) is 7.93. The highest BCUT2D eigenvalue weighted by molar-refractivity contribution is 7.07. The van der Waals surface area contributed by atoms with Gasteiger partial charge in [0.25, 0.3) is 11.8 Å². The molecular formula is C25H28F2N6O3S. The molecule has 37 heavy (non-hydrogen) atoms. The van der Waals surface area contributed by atoms with Crippen molar-refractivity contribution in [3.63, 3.8) is 0 Å². The van der Waals surface area contributed by atoms with Crippen molar-refractivity contribution < 1.29 is 18.4 Å². The molecule has 12 heteroatoms. The fourth-order valence-electron chi connectivity index (χ4n) is 5.71. The van der Waals surface area contributed by atoms with Crippen molar-refractivity contribution in [3.05, 3.63) is 50.8 Å². The first-order valence-electron chi connectivity index (χ1n) is 12.6. The van der Waals surface area contributed by atoms with Crippen LogP contribution in [0.2, 0.25) is 0 Å². The van der Waals surface area contributed by atoms with Gasteiger partial charge in [-0.2, -0.15) is 0 Å². The van der Waals surface area contributed by atoms with Crippen molar-refractivity contribution in [1.82, 2.24) is 29.2 Å². The highest BCUT2D eigenvalue weighted by Gasteiger charge is 2.38. The van der Waals surface area contributed by atoms with Crippen LogP contribution in [0.3, 0.4) is 0 Å². The summed E-state index contributed by atoms with van der Waals surface area (Å²) in [5.41, 5.74) is 3.51. The summed E-state index contributed by atoms with van der Waals surface area (Å²) in [6.45, 7) is 4.03. The Morgan fingerprint density at radius 3 is 2.41 bits per heavy atom. The summed E-state index contributed by atoms with van der Waals surface area (Å²) in [7, 11) is 0. The number of thiazole rings is 1. The summed E-state index contributed by atoms with van der Waals surface area (Å²) in [5, 5.41) is 1.77. The van der Waals surface area contributed by atoms with Gasteiger partial charge in [0.05, 0.1) is 16.5 Å². The molecule has 0 spiro atoms. The number of alkyl halides is 2. The first-order valence-corrected chi connectivity index (χ1v) is 13.6. The number of carbonyl (C=O) groups is 2. The Labute approximate surface area is 215 Å². The molecule has 0 radical (unpaired) electrons. The quantitative estimate of drug-likeness (QED) is 0.560. The van der Waals surface area contributed by atoms with Crippen LogP contribution in [-0.2, 0) is 0 Å². The lowest BCUT2D eigenvalue weighted by Gasteiger charge is -2.48. The first kappa shape index (κ1) is 24.2. The van der Waals surface area contributed by atoms with Gasteiger partial charge in [-0.3, -0.25) is 19.1 Å². The molecule has 3 fully saturated rings. The van der Waals surface area contributed by atoms with Gasteiger partial charge in [-0.05, 0) is 31.0 Å². The molecule has 1 saturated carbocycles. The van der Waals surface area contributed by atoms with E-state index in [0.717, 1.165) is 13.1 Å². The molecule has 0 bridgehead atoms. The lowest BCUT2D eigenvalue weighted by atomic mass is 9.92. The molecule has 2 aromatic heterocycles. The van der Waals surface area contributed by atoms with E-state index in [1.807, 2.05) is 4.90 Å². The van der Waals surface area contributed by atoms with Gasteiger partial charge in [0.2, 0.25) is 5.92 Å². The third kappa shape index (κ3) is 4.56. The smallest absolute Gasteiger partial charge is 0.326 e. The van der Waals surface area contributed by atoms with Gasteiger partial charge in [0, 0.05) is 75.1 Å². The Kier molecular flexibility index (Phi) is 6.10. The average molecular weight is 531 g/mol. The fourth-order valence-corrected chi connectivity index (χ4v) is 6.24. The predicted molar refractivity (Wildman–Crippen MR) is 134 cm³/mol. The van der Waals surface area contributed by atoms with E-state index in [-0.39, 0.29) is 55.3 Å². The average Bonchev–Trinajstić information content (AvgIpc) is 3.50. The minimum absolute atomic E-state index is 0.0324. The van der Waals surface area contributed by atoms with Crippen molar-refractivity contribution in [2.75, 3.05) is 39.3 Å². The molecule has 2 saturated heterocycles. The van der Waals surface area contributed by atoms with E-state index in [1.165, 1.54) is 11.3 Å². The number of amides is 2. The molecule has 2 amide bonds. The van der Waals surface area contributed by atoms with Crippen molar-refractivity contribution >= 4 is 34.2 Å². The third-order valence-corrected chi connectivity index (χ3v) is 8.52. The number of nitrogens with zero attached hydrogens (tertiary/aromatic N) is 5. The van der Waals surface area contributed by atoms with Crippen LogP contribution in [0.15, 0.2) is 33.9 Å². The van der Waals surface area contributed by atoms with E-state index < -0.39 is 5.92 Å². The van der Waals surface area contributed by atoms with Gasteiger partial charge < -0.3 is 14.8 Å².